The second-order valence-corrected chi connectivity index (χ2v) is 5.79. The van der Waals surface area contributed by atoms with Gasteiger partial charge in [0.1, 0.15) is 5.82 Å². The molecule has 0 saturated heterocycles. The van der Waals surface area contributed by atoms with Gasteiger partial charge in [-0.2, -0.15) is 0 Å². The Morgan fingerprint density at radius 3 is 2.50 bits per heavy atom. The van der Waals surface area contributed by atoms with Crippen LogP contribution in [-0.2, 0) is 9.53 Å². The first-order valence-corrected chi connectivity index (χ1v) is 7.30. The van der Waals surface area contributed by atoms with Gasteiger partial charge in [-0.05, 0) is 30.3 Å². The number of rotatable bonds is 5. The number of anilines is 1. The summed E-state index contributed by atoms with van der Waals surface area (Å²) in [5.74, 6) is 0.0303. The van der Waals surface area contributed by atoms with Crippen LogP contribution in [0.5, 0.6) is 0 Å². The summed E-state index contributed by atoms with van der Waals surface area (Å²) < 4.78 is 4.77. The molecule has 0 aliphatic rings. The summed E-state index contributed by atoms with van der Waals surface area (Å²) in [6, 6.07) is 1.77. The van der Waals surface area contributed by atoms with Crippen molar-refractivity contribution in [2.75, 3.05) is 18.6 Å². The minimum absolute atomic E-state index is 0. The average molecular weight is 546 g/mol. The predicted molar refractivity (Wildman–Crippen MR) is 84.4 cm³/mol. The predicted octanol–water partition coefficient (Wildman–Crippen LogP) is 2.68. The summed E-state index contributed by atoms with van der Waals surface area (Å²) in [4.78, 5) is 30.0. The molecule has 0 fully saturated rings. The monoisotopic (exact) mass is 546 g/mol. The zero-order chi connectivity index (χ0) is 16.2. The number of ether oxygens (including phenoxy) is 1. The molecule has 118 valence electrons. The average Bonchev–Trinajstić information content (AvgIpc) is 2.40. The van der Waals surface area contributed by atoms with Gasteiger partial charge in [0.2, 0.25) is 0 Å². The van der Waals surface area contributed by atoms with Crippen LogP contribution in [0.2, 0.25) is 0 Å². The molecular formula is C15H20N2O3SU. The van der Waals surface area contributed by atoms with Crippen molar-refractivity contribution in [3.8, 4) is 0 Å². The Balaban J connectivity index is 0.00000441. The van der Waals surface area contributed by atoms with Crippen molar-refractivity contribution in [2.24, 2.45) is 0 Å². The van der Waals surface area contributed by atoms with Gasteiger partial charge in [0, 0.05) is 6.92 Å². The van der Waals surface area contributed by atoms with Crippen molar-refractivity contribution < 1.29 is 45.4 Å². The minimum Gasteiger partial charge on any atom is -0.464 e. The van der Waals surface area contributed by atoms with E-state index in [1.807, 2.05) is 24.8 Å². The Morgan fingerprint density at radius 2 is 2.09 bits per heavy atom. The maximum absolute atomic E-state index is 11.9. The van der Waals surface area contributed by atoms with E-state index < -0.39 is 5.97 Å². The molecule has 1 aromatic heterocycles. The second-order valence-electron chi connectivity index (χ2n) is 4.60. The zero-order valence-corrected chi connectivity index (χ0v) is 18.3. The van der Waals surface area contributed by atoms with Crippen molar-refractivity contribution >= 4 is 28.7 Å². The van der Waals surface area contributed by atoms with E-state index in [-0.39, 0.29) is 48.0 Å². The topological polar surface area (TPSA) is 59.5 Å². The summed E-state index contributed by atoms with van der Waals surface area (Å²) >= 11 is 0.980. The van der Waals surface area contributed by atoms with Gasteiger partial charge in [-0.25, -0.2) is 9.78 Å². The Kier molecular flexibility index (Phi) is 9.37. The van der Waals surface area contributed by atoms with Crippen LogP contribution in [0.25, 0.3) is 0 Å². The third-order valence-electron chi connectivity index (χ3n) is 2.84. The van der Waals surface area contributed by atoms with E-state index in [0.29, 0.717) is 17.3 Å². The molecule has 0 aliphatic carbocycles. The molecule has 0 saturated carbocycles. The van der Waals surface area contributed by atoms with Crippen molar-refractivity contribution in [3.05, 3.63) is 31.2 Å². The van der Waals surface area contributed by atoms with E-state index in [0.717, 1.165) is 17.3 Å². The molecule has 5 nitrogen and oxygen atoms in total. The van der Waals surface area contributed by atoms with Crippen LogP contribution < -0.4 is 4.90 Å². The molecule has 22 heavy (non-hydrogen) atoms. The number of methoxy groups -OCH3 is 1. The number of hydrogen-bond donors (Lipinski definition) is 0. The number of nitrogens with zero attached hydrogens (tertiary/aromatic N) is 2. The molecule has 0 aliphatic heterocycles. The van der Waals surface area contributed by atoms with Crippen LogP contribution in [0.15, 0.2) is 11.0 Å². The summed E-state index contributed by atoms with van der Waals surface area (Å²) in [6.45, 7) is 13.5. The fraction of sp³-hybridized carbons (Fsp3) is 0.400. The first kappa shape index (κ1) is 21.5. The number of esters is 1. The number of carbonyl (C=O) groups is 2. The van der Waals surface area contributed by atoms with Crippen LogP contribution in [0, 0.1) is 51.9 Å². The fourth-order valence-corrected chi connectivity index (χ4v) is 2.59. The van der Waals surface area contributed by atoms with E-state index in [2.05, 4.69) is 18.8 Å². The first-order chi connectivity index (χ1) is 9.81. The van der Waals surface area contributed by atoms with Gasteiger partial charge in [-0.15, -0.1) is 12.6 Å². The van der Waals surface area contributed by atoms with Crippen LogP contribution in [0.4, 0.5) is 5.82 Å². The summed E-state index contributed by atoms with van der Waals surface area (Å²) in [6.07, 6.45) is 0. The molecule has 1 heterocycles. The molecule has 0 aromatic carbocycles. The second kappa shape index (κ2) is 9.59. The molecule has 0 unspecified atom stereocenters. The van der Waals surface area contributed by atoms with Gasteiger partial charge in [-0.1, -0.05) is 6.92 Å². The Morgan fingerprint density at radius 1 is 1.50 bits per heavy atom. The van der Waals surface area contributed by atoms with Crippen molar-refractivity contribution in [2.45, 2.75) is 31.7 Å². The summed E-state index contributed by atoms with van der Waals surface area (Å²) in [7, 11) is 1.29. The van der Waals surface area contributed by atoms with Crippen LogP contribution in [0.1, 0.15) is 29.9 Å². The van der Waals surface area contributed by atoms with Gasteiger partial charge in [0.25, 0.3) is 0 Å². The van der Waals surface area contributed by atoms with Gasteiger partial charge in [0.15, 0.2) is 10.8 Å². The standard InChI is InChI=1S/C15H20N2O3S.U/c1-7-17(9(2)3)12-8-10(4)14(21-11(5)18)13(16-12)15(19)20-6;/h8-9H,1-2,7H2,3-6H3;/q-2;+2/t9-;/m0./s1. The molecule has 1 aromatic rings. The molecule has 0 N–H and O–H groups in total. The number of carbonyl (C=O) groups excluding carboxylic acids is 2. The van der Waals surface area contributed by atoms with Gasteiger partial charge in [-0.3, -0.25) is 4.79 Å². The van der Waals surface area contributed by atoms with Gasteiger partial charge in [0.05, 0.1) is 12.0 Å². The van der Waals surface area contributed by atoms with Gasteiger partial charge < -0.3 is 23.5 Å². The van der Waals surface area contributed by atoms with E-state index in [1.165, 1.54) is 14.0 Å². The maximum Gasteiger partial charge on any atom is 2.00 e. The number of aryl methyl sites for hydroxylation is 1. The Labute approximate surface area is 160 Å². The molecular weight excluding hydrogens is 526 g/mol. The summed E-state index contributed by atoms with van der Waals surface area (Å²) in [5, 5.41) is -0.114. The molecule has 0 spiro atoms. The third-order valence-corrected chi connectivity index (χ3v) is 3.84. The van der Waals surface area contributed by atoms with Crippen molar-refractivity contribution in [1.29, 1.82) is 0 Å². The van der Waals surface area contributed by atoms with Crippen LogP contribution in [0.3, 0.4) is 0 Å². The number of pyridine rings is 1. The molecule has 7 heteroatoms. The fourth-order valence-electron chi connectivity index (χ4n) is 1.86. The van der Waals surface area contributed by atoms with Crippen molar-refractivity contribution in [1.82, 2.24) is 4.98 Å². The van der Waals surface area contributed by atoms with E-state index >= 15 is 0 Å². The number of aromatic nitrogens is 1. The molecule has 1 atom stereocenters. The van der Waals surface area contributed by atoms with Gasteiger partial charge >= 0.3 is 37.1 Å². The largest absolute Gasteiger partial charge is 2.00 e. The normalized spacial score (nSPS) is 11.4. The molecule has 1 rings (SSSR count). The quantitative estimate of drug-likeness (QED) is 0.322. The van der Waals surface area contributed by atoms with E-state index in [1.54, 1.807) is 0 Å². The minimum atomic E-state index is -0.565. The Bertz CT molecular complexity index is 550. The summed E-state index contributed by atoms with van der Waals surface area (Å²) in [5.41, 5.74) is 0.937. The Hall–Kier alpha value is -0.508. The molecule has 0 amide bonds. The zero-order valence-electron chi connectivity index (χ0n) is 13.3. The maximum atomic E-state index is 11.9. The van der Waals surface area contributed by atoms with Crippen molar-refractivity contribution in [3.63, 3.8) is 0 Å². The SMILES string of the molecule is [CH2-]CN(c1cc(C)c(SC(C)=O)c(C(=O)OC)n1)[C@@H]([CH2-])C.[U+2]. The smallest absolute Gasteiger partial charge is 0.464 e. The number of hydrogen-bond acceptors (Lipinski definition) is 6. The third kappa shape index (κ3) is 5.29. The first-order valence-electron chi connectivity index (χ1n) is 6.49. The molecule has 0 radical (unpaired) electrons. The van der Waals surface area contributed by atoms with E-state index in [4.69, 9.17) is 4.74 Å². The molecule has 0 bridgehead atoms. The number of thioether (sulfide) groups is 1. The van der Waals surface area contributed by atoms with E-state index in [9.17, 15) is 9.59 Å². The van der Waals surface area contributed by atoms with Crippen LogP contribution >= 0.6 is 11.8 Å². The van der Waals surface area contributed by atoms with Crippen LogP contribution in [-0.4, -0.2) is 35.8 Å².